The van der Waals surface area contributed by atoms with Gasteiger partial charge in [0.25, 0.3) is 5.91 Å². The number of hydrogen-bond acceptors (Lipinski definition) is 6. The third kappa shape index (κ3) is 3.73. The number of hydrogen-bond donors (Lipinski definition) is 1. The number of nitrogens with zero attached hydrogens (tertiary/aromatic N) is 1. The minimum absolute atomic E-state index is 0.151. The van der Waals surface area contributed by atoms with Gasteiger partial charge in [0.15, 0.2) is 17.6 Å². The first-order chi connectivity index (χ1) is 13.6. The first-order valence-electron chi connectivity index (χ1n) is 8.87. The van der Waals surface area contributed by atoms with Gasteiger partial charge in [-0.3, -0.25) is 4.79 Å². The second-order valence-electron chi connectivity index (χ2n) is 6.28. The number of rotatable bonds is 4. The number of anilines is 1. The van der Waals surface area contributed by atoms with E-state index in [0.717, 1.165) is 5.39 Å². The van der Waals surface area contributed by atoms with E-state index in [2.05, 4.69) is 10.3 Å². The van der Waals surface area contributed by atoms with Crippen LogP contribution in [0.15, 0.2) is 54.6 Å². The van der Waals surface area contributed by atoms with E-state index in [0.29, 0.717) is 35.9 Å². The molecule has 7 nitrogen and oxygen atoms in total. The number of ether oxygens (including phenoxy) is 3. The smallest absolute Gasteiger partial charge is 0.357 e. The Morgan fingerprint density at radius 2 is 1.82 bits per heavy atom. The van der Waals surface area contributed by atoms with Crippen LogP contribution in [-0.2, 0) is 9.53 Å². The maximum Gasteiger partial charge on any atom is 0.357 e. The van der Waals surface area contributed by atoms with Crippen LogP contribution in [0.25, 0.3) is 10.9 Å². The summed E-state index contributed by atoms with van der Waals surface area (Å²) in [5, 5.41) is 3.63. The lowest BCUT2D eigenvalue weighted by molar-refractivity contribution is -0.123. The number of fused-ring (bicyclic) bond motifs is 2. The molecule has 4 rings (SSSR count). The van der Waals surface area contributed by atoms with Crippen LogP contribution >= 0.6 is 0 Å². The third-order valence-electron chi connectivity index (χ3n) is 4.27. The molecule has 0 saturated carbocycles. The van der Waals surface area contributed by atoms with E-state index in [1.54, 1.807) is 30.3 Å². The second kappa shape index (κ2) is 7.56. The molecule has 0 aliphatic carbocycles. The summed E-state index contributed by atoms with van der Waals surface area (Å²) in [5.74, 6) is 0.0848. The molecule has 7 heteroatoms. The van der Waals surface area contributed by atoms with Gasteiger partial charge in [-0.2, -0.15) is 0 Å². The summed E-state index contributed by atoms with van der Waals surface area (Å²) in [6, 6.07) is 15.9. The van der Waals surface area contributed by atoms with Crippen molar-refractivity contribution >= 4 is 28.5 Å². The van der Waals surface area contributed by atoms with Gasteiger partial charge in [-0.25, -0.2) is 9.78 Å². The molecule has 3 aromatic rings. The maximum atomic E-state index is 12.4. The zero-order valence-corrected chi connectivity index (χ0v) is 15.2. The molecule has 1 N–H and O–H groups in total. The lowest BCUT2D eigenvalue weighted by atomic mass is 10.2. The molecule has 1 amide bonds. The molecule has 28 heavy (non-hydrogen) atoms. The lowest BCUT2D eigenvalue weighted by Gasteiger charge is -2.19. The SMILES string of the molecule is CC(OC(=O)c1ccc2ccccc2n1)C(=O)Nc1ccc2c(c1)OCCO2. The summed E-state index contributed by atoms with van der Waals surface area (Å²) in [7, 11) is 0. The maximum absolute atomic E-state index is 12.4. The molecule has 1 aliphatic heterocycles. The fraction of sp³-hybridized carbons (Fsp3) is 0.190. The van der Waals surface area contributed by atoms with Crippen LogP contribution in [0.4, 0.5) is 5.69 Å². The molecule has 0 radical (unpaired) electrons. The number of aromatic nitrogens is 1. The van der Waals surface area contributed by atoms with Crippen LogP contribution in [-0.4, -0.2) is 36.2 Å². The largest absolute Gasteiger partial charge is 0.486 e. The molecule has 0 bridgehead atoms. The van der Waals surface area contributed by atoms with Crippen LogP contribution < -0.4 is 14.8 Å². The monoisotopic (exact) mass is 378 g/mol. The van der Waals surface area contributed by atoms with E-state index in [4.69, 9.17) is 14.2 Å². The van der Waals surface area contributed by atoms with Gasteiger partial charge in [-0.15, -0.1) is 0 Å². The van der Waals surface area contributed by atoms with Crippen molar-refractivity contribution in [3.63, 3.8) is 0 Å². The Morgan fingerprint density at radius 3 is 2.68 bits per heavy atom. The fourth-order valence-electron chi connectivity index (χ4n) is 2.82. The zero-order valence-electron chi connectivity index (χ0n) is 15.2. The predicted molar refractivity (Wildman–Crippen MR) is 103 cm³/mol. The normalized spacial score (nSPS) is 13.6. The van der Waals surface area contributed by atoms with Crippen LogP contribution in [0.2, 0.25) is 0 Å². The van der Waals surface area contributed by atoms with E-state index >= 15 is 0 Å². The Kier molecular flexibility index (Phi) is 4.80. The van der Waals surface area contributed by atoms with Gasteiger partial charge in [0.2, 0.25) is 0 Å². The standard InChI is InChI=1S/C21H18N2O5/c1-13(20(24)22-15-7-9-18-19(12-15)27-11-10-26-18)28-21(25)17-8-6-14-4-2-3-5-16(14)23-17/h2-9,12-13H,10-11H2,1H3,(H,22,24). The first kappa shape index (κ1) is 17.8. The van der Waals surface area contributed by atoms with Crippen molar-refractivity contribution in [2.24, 2.45) is 0 Å². The molecule has 2 heterocycles. The van der Waals surface area contributed by atoms with Crippen molar-refractivity contribution in [1.29, 1.82) is 0 Å². The van der Waals surface area contributed by atoms with Gasteiger partial charge in [0.1, 0.15) is 18.9 Å². The number of esters is 1. The molecule has 2 aromatic carbocycles. The Bertz CT molecular complexity index is 1050. The molecule has 1 atom stereocenters. The molecule has 142 valence electrons. The quantitative estimate of drug-likeness (QED) is 0.702. The Morgan fingerprint density at radius 1 is 1.04 bits per heavy atom. The van der Waals surface area contributed by atoms with Crippen LogP contribution in [0, 0.1) is 0 Å². The molecule has 0 fully saturated rings. The average Bonchev–Trinajstić information content (AvgIpc) is 2.73. The van der Waals surface area contributed by atoms with Gasteiger partial charge in [-0.05, 0) is 31.2 Å². The van der Waals surface area contributed by atoms with Crippen molar-refractivity contribution in [3.05, 3.63) is 60.3 Å². The average molecular weight is 378 g/mol. The van der Waals surface area contributed by atoms with Crippen molar-refractivity contribution in [2.75, 3.05) is 18.5 Å². The minimum Gasteiger partial charge on any atom is -0.486 e. The summed E-state index contributed by atoms with van der Waals surface area (Å²) in [6.07, 6.45) is -0.992. The lowest BCUT2D eigenvalue weighted by Crippen LogP contribution is -2.30. The number of amides is 1. The van der Waals surface area contributed by atoms with E-state index in [1.807, 2.05) is 24.3 Å². The second-order valence-corrected chi connectivity index (χ2v) is 6.28. The summed E-state index contributed by atoms with van der Waals surface area (Å²) in [4.78, 5) is 29.0. The molecule has 0 saturated heterocycles. The molecular formula is C21H18N2O5. The molecule has 1 aliphatic rings. The van der Waals surface area contributed by atoms with Crippen LogP contribution in [0.5, 0.6) is 11.5 Å². The van der Waals surface area contributed by atoms with Gasteiger partial charge in [-0.1, -0.05) is 24.3 Å². The third-order valence-corrected chi connectivity index (χ3v) is 4.27. The Labute approximate surface area is 161 Å². The number of carbonyl (C=O) groups is 2. The fourth-order valence-corrected chi connectivity index (χ4v) is 2.82. The van der Waals surface area contributed by atoms with E-state index in [9.17, 15) is 9.59 Å². The predicted octanol–water partition coefficient (Wildman–Crippen LogP) is 3.19. The zero-order chi connectivity index (χ0) is 19.5. The highest BCUT2D eigenvalue weighted by Crippen LogP contribution is 2.32. The number of nitrogens with one attached hydrogen (secondary N) is 1. The summed E-state index contributed by atoms with van der Waals surface area (Å²) < 4.78 is 16.2. The van der Waals surface area contributed by atoms with Gasteiger partial charge in [0.05, 0.1) is 5.52 Å². The van der Waals surface area contributed by atoms with Gasteiger partial charge >= 0.3 is 5.97 Å². The van der Waals surface area contributed by atoms with Crippen molar-refractivity contribution in [1.82, 2.24) is 4.98 Å². The van der Waals surface area contributed by atoms with Crippen LogP contribution in [0.1, 0.15) is 17.4 Å². The summed E-state index contributed by atoms with van der Waals surface area (Å²) >= 11 is 0. The van der Waals surface area contributed by atoms with Crippen LogP contribution in [0.3, 0.4) is 0 Å². The first-order valence-corrected chi connectivity index (χ1v) is 8.87. The van der Waals surface area contributed by atoms with Crippen molar-refractivity contribution in [2.45, 2.75) is 13.0 Å². The number of pyridine rings is 1. The Balaban J connectivity index is 1.41. The van der Waals surface area contributed by atoms with Gasteiger partial charge in [0, 0.05) is 17.1 Å². The number of benzene rings is 2. The summed E-state index contributed by atoms with van der Waals surface area (Å²) in [5.41, 5.74) is 1.36. The molecule has 1 unspecified atom stereocenters. The number of para-hydroxylation sites is 1. The summed E-state index contributed by atoms with van der Waals surface area (Å²) in [6.45, 7) is 2.46. The molecular weight excluding hydrogens is 360 g/mol. The molecule has 1 aromatic heterocycles. The van der Waals surface area contributed by atoms with E-state index < -0.39 is 18.0 Å². The topological polar surface area (TPSA) is 86.8 Å². The van der Waals surface area contributed by atoms with E-state index in [1.165, 1.54) is 6.92 Å². The number of carbonyl (C=O) groups excluding carboxylic acids is 2. The minimum atomic E-state index is -0.992. The highest BCUT2D eigenvalue weighted by atomic mass is 16.6. The highest BCUT2D eigenvalue weighted by molar-refractivity contribution is 5.97. The van der Waals surface area contributed by atoms with Gasteiger partial charge < -0.3 is 19.5 Å². The highest BCUT2D eigenvalue weighted by Gasteiger charge is 2.21. The Hall–Kier alpha value is -3.61. The van der Waals surface area contributed by atoms with Crippen molar-refractivity contribution in [3.8, 4) is 11.5 Å². The van der Waals surface area contributed by atoms with E-state index in [-0.39, 0.29) is 5.69 Å². The molecule has 0 spiro atoms. The van der Waals surface area contributed by atoms with Crippen molar-refractivity contribution < 1.29 is 23.8 Å².